The van der Waals surface area contributed by atoms with E-state index in [-0.39, 0.29) is 5.91 Å². The first-order chi connectivity index (χ1) is 10.8. The molecule has 0 aliphatic heterocycles. The van der Waals surface area contributed by atoms with Gasteiger partial charge in [0.15, 0.2) is 0 Å². The molecule has 1 aromatic carbocycles. The molecule has 3 nitrogen and oxygen atoms in total. The second-order valence-corrected chi connectivity index (χ2v) is 5.83. The number of fused-ring (bicyclic) bond motifs is 1. The Hall–Kier alpha value is -2.16. The highest BCUT2D eigenvalue weighted by atomic mass is 16.2. The second-order valence-electron chi connectivity index (χ2n) is 5.83. The summed E-state index contributed by atoms with van der Waals surface area (Å²) in [5, 5.41) is 0. The molecule has 2 aromatic rings. The summed E-state index contributed by atoms with van der Waals surface area (Å²) in [6.45, 7) is 3.52. The first-order valence-electron chi connectivity index (χ1n) is 8.08. The van der Waals surface area contributed by atoms with E-state index in [1.165, 1.54) is 23.1 Å². The average molecular weight is 294 g/mol. The van der Waals surface area contributed by atoms with Gasteiger partial charge in [-0.05, 0) is 73.6 Å². The Labute approximate surface area is 132 Å². The van der Waals surface area contributed by atoms with Crippen molar-refractivity contribution in [1.82, 2.24) is 9.88 Å². The molecule has 0 unspecified atom stereocenters. The van der Waals surface area contributed by atoms with Crippen molar-refractivity contribution in [3.63, 3.8) is 0 Å². The summed E-state index contributed by atoms with van der Waals surface area (Å²) < 4.78 is 0. The maximum Gasteiger partial charge on any atom is 0.253 e. The van der Waals surface area contributed by atoms with E-state index >= 15 is 0 Å². The van der Waals surface area contributed by atoms with Gasteiger partial charge in [-0.3, -0.25) is 9.78 Å². The van der Waals surface area contributed by atoms with Gasteiger partial charge in [0.25, 0.3) is 5.91 Å². The molecular formula is C19H22N2O. The summed E-state index contributed by atoms with van der Waals surface area (Å²) in [5.41, 5.74) is 4.82. The topological polar surface area (TPSA) is 33.2 Å². The minimum absolute atomic E-state index is 0.145. The number of hydrogen-bond donors (Lipinski definition) is 0. The van der Waals surface area contributed by atoms with Crippen molar-refractivity contribution in [2.24, 2.45) is 0 Å². The number of carbonyl (C=O) groups excluding carboxylic acids is 1. The second kappa shape index (κ2) is 6.73. The maximum absolute atomic E-state index is 12.7. The zero-order valence-corrected chi connectivity index (χ0v) is 13.1. The summed E-state index contributed by atoms with van der Waals surface area (Å²) in [6.07, 6.45) is 7.95. The van der Waals surface area contributed by atoms with Crippen molar-refractivity contribution in [1.29, 1.82) is 0 Å². The van der Waals surface area contributed by atoms with E-state index < -0.39 is 0 Å². The minimum atomic E-state index is 0.145. The van der Waals surface area contributed by atoms with Crippen LogP contribution in [0.5, 0.6) is 0 Å². The lowest BCUT2D eigenvalue weighted by atomic mass is 10.1. The van der Waals surface area contributed by atoms with Gasteiger partial charge in [0.05, 0.1) is 0 Å². The van der Waals surface area contributed by atoms with Crippen LogP contribution in [-0.2, 0) is 19.3 Å². The predicted molar refractivity (Wildman–Crippen MR) is 88.0 cm³/mol. The molecule has 22 heavy (non-hydrogen) atoms. The predicted octanol–water partition coefficient (Wildman–Crippen LogP) is 3.28. The number of hydrogen-bond acceptors (Lipinski definition) is 2. The zero-order valence-electron chi connectivity index (χ0n) is 13.1. The number of likely N-dealkylation sites (N-methyl/N-ethyl adjacent to an activating group) is 1. The number of aromatic nitrogens is 1. The van der Waals surface area contributed by atoms with Crippen LogP contribution >= 0.6 is 0 Å². The number of pyridine rings is 1. The number of benzene rings is 1. The van der Waals surface area contributed by atoms with Crippen molar-refractivity contribution in [3.8, 4) is 0 Å². The van der Waals surface area contributed by atoms with Gasteiger partial charge < -0.3 is 4.90 Å². The van der Waals surface area contributed by atoms with Gasteiger partial charge in [0.2, 0.25) is 0 Å². The highest BCUT2D eigenvalue weighted by Gasteiger charge is 2.17. The molecular weight excluding hydrogens is 272 g/mol. The van der Waals surface area contributed by atoms with Gasteiger partial charge >= 0.3 is 0 Å². The first kappa shape index (κ1) is 14.8. The molecule has 1 amide bonds. The summed E-state index contributed by atoms with van der Waals surface area (Å²) in [4.78, 5) is 18.7. The van der Waals surface area contributed by atoms with E-state index in [0.717, 1.165) is 37.9 Å². The fourth-order valence-electron chi connectivity index (χ4n) is 3.10. The van der Waals surface area contributed by atoms with Crippen molar-refractivity contribution in [2.45, 2.75) is 32.6 Å². The summed E-state index contributed by atoms with van der Waals surface area (Å²) >= 11 is 0. The normalized spacial score (nSPS) is 13.0. The van der Waals surface area contributed by atoms with Crippen molar-refractivity contribution in [3.05, 3.63) is 65.0 Å². The lowest BCUT2D eigenvalue weighted by molar-refractivity contribution is 0.0766. The van der Waals surface area contributed by atoms with Crippen LogP contribution in [0.3, 0.4) is 0 Å². The third kappa shape index (κ3) is 3.19. The molecule has 0 radical (unpaired) electrons. The van der Waals surface area contributed by atoms with E-state index in [0.29, 0.717) is 0 Å². The Kier molecular flexibility index (Phi) is 4.52. The minimum Gasteiger partial charge on any atom is -0.339 e. The Morgan fingerprint density at radius 2 is 1.91 bits per heavy atom. The Morgan fingerprint density at radius 3 is 2.68 bits per heavy atom. The Morgan fingerprint density at radius 1 is 1.14 bits per heavy atom. The molecule has 3 heteroatoms. The molecule has 0 spiro atoms. The molecule has 0 saturated carbocycles. The number of carbonyl (C=O) groups is 1. The third-order valence-electron chi connectivity index (χ3n) is 4.43. The van der Waals surface area contributed by atoms with Gasteiger partial charge in [0, 0.05) is 31.0 Å². The average Bonchev–Trinajstić information content (AvgIpc) is 3.03. The van der Waals surface area contributed by atoms with E-state index in [4.69, 9.17) is 0 Å². The Bertz CT molecular complexity index is 652. The van der Waals surface area contributed by atoms with E-state index in [9.17, 15) is 4.79 Å². The first-order valence-corrected chi connectivity index (χ1v) is 8.08. The molecule has 1 heterocycles. The number of amides is 1. The third-order valence-corrected chi connectivity index (χ3v) is 4.43. The van der Waals surface area contributed by atoms with Crippen molar-refractivity contribution in [2.75, 3.05) is 13.1 Å². The molecule has 1 aliphatic carbocycles. The number of aryl methyl sites for hydroxylation is 2. The van der Waals surface area contributed by atoms with Crippen LogP contribution < -0.4 is 0 Å². The van der Waals surface area contributed by atoms with Crippen LogP contribution in [-0.4, -0.2) is 28.9 Å². The quantitative estimate of drug-likeness (QED) is 0.848. The summed E-state index contributed by atoms with van der Waals surface area (Å²) in [6, 6.07) is 10.2. The standard InChI is InChI=1S/C19H22N2O/c1-2-21(13-10-15-8-11-20-12-9-15)19(22)18-7-6-16-4-3-5-17(16)14-18/h6-9,11-12,14H,2-5,10,13H2,1H3. The molecule has 114 valence electrons. The summed E-state index contributed by atoms with van der Waals surface area (Å²) in [7, 11) is 0. The van der Waals surface area contributed by atoms with Gasteiger partial charge in [0.1, 0.15) is 0 Å². The number of nitrogens with zero attached hydrogens (tertiary/aromatic N) is 2. The van der Waals surface area contributed by atoms with Gasteiger partial charge in [-0.1, -0.05) is 6.07 Å². The lowest BCUT2D eigenvalue weighted by Crippen LogP contribution is -2.32. The molecule has 0 saturated heterocycles. The van der Waals surface area contributed by atoms with Crippen LogP contribution in [0.15, 0.2) is 42.7 Å². The number of rotatable bonds is 5. The van der Waals surface area contributed by atoms with E-state index in [1.54, 1.807) is 12.4 Å². The van der Waals surface area contributed by atoms with Gasteiger partial charge in [-0.2, -0.15) is 0 Å². The van der Waals surface area contributed by atoms with Crippen LogP contribution in [0.2, 0.25) is 0 Å². The highest BCUT2D eigenvalue weighted by molar-refractivity contribution is 5.94. The fraction of sp³-hybridized carbons (Fsp3) is 0.368. The summed E-state index contributed by atoms with van der Waals surface area (Å²) in [5.74, 6) is 0.145. The van der Waals surface area contributed by atoms with Gasteiger partial charge in [-0.25, -0.2) is 0 Å². The monoisotopic (exact) mass is 294 g/mol. The van der Waals surface area contributed by atoms with Crippen LogP contribution in [0.1, 0.15) is 40.4 Å². The van der Waals surface area contributed by atoms with Gasteiger partial charge in [-0.15, -0.1) is 0 Å². The zero-order chi connectivity index (χ0) is 15.4. The fourth-order valence-corrected chi connectivity index (χ4v) is 3.10. The molecule has 0 fully saturated rings. The van der Waals surface area contributed by atoms with E-state index in [2.05, 4.69) is 17.1 Å². The largest absolute Gasteiger partial charge is 0.339 e. The van der Waals surface area contributed by atoms with Crippen molar-refractivity contribution < 1.29 is 4.79 Å². The Balaban J connectivity index is 1.69. The van der Waals surface area contributed by atoms with Crippen LogP contribution in [0, 0.1) is 0 Å². The lowest BCUT2D eigenvalue weighted by Gasteiger charge is -2.21. The SMILES string of the molecule is CCN(CCc1ccncc1)C(=O)c1ccc2c(c1)CCC2. The maximum atomic E-state index is 12.7. The van der Waals surface area contributed by atoms with Crippen LogP contribution in [0.25, 0.3) is 0 Å². The molecule has 1 aromatic heterocycles. The molecule has 1 aliphatic rings. The molecule has 3 rings (SSSR count). The molecule has 0 atom stereocenters. The van der Waals surface area contributed by atoms with E-state index in [1.807, 2.05) is 30.0 Å². The molecule has 0 N–H and O–H groups in total. The molecule has 0 bridgehead atoms. The van der Waals surface area contributed by atoms with Crippen LogP contribution in [0.4, 0.5) is 0 Å². The highest BCUT2D eigenvalue weighted by Crippen LogP contribution is 2.23. The smallest absolute Gasteiger partial charge is 0.253 e. The van der Waals surface area contributed by atoms with Crippen molar-refractivity contribution >= 4 is 5.91 Å².